The van der Waals surface area contributed by atoms with E-state index in [1.807, 2.05) is 18.2 Å². The van der Waals surface area contributed by atoms with Crippen molar-refractivity contribution in [1.82, 2.24) is 20.6 Å². The van der Waals surface area contributed by atoms with Crippen LogP contribution in [0.4, 0.5) is 18.9 Å². The Labute approximate surface area is 163 Å². The van der Waals surface area contributed by atoms with Crippen molar-refractivity contribution in [3.8, 4) is 11.4 Å². The van der Waals surface area contributed by atoms with Gasteiger partial charge in [0.25, 0.3) is 0 Å². The number of benzene rings is 2. The van der Waals surface area contributed by atoms with E-state index >= 15 is 0 Å². The van der Waals surface area contributed by atoms with E-state index in [-0.39, 0.29) is 17.3 Å². The Hall–Kier alpha value is -2.99. The van der Waals surface area contributed by atoms with Gasteiger partial charge in [0.15, 0.2) is 5.82 Å². The molecule has 0 aliphatic carbocycles. The molecule has 0 spiro atoms. The fourth-order valence-electron chi connectivity index (χ4n) is 3.61. The van der Waals surface area contributed by atoms with Gasteiger partial charge in [-0.2, -0.15) is 13.2 Å². The Morgan fingerprint density at radius 2 is 1.90 bits per heavy atom. The van der Waals surface area contributed by atoms with E-state index in [0.29, 0.717) is 18.5 Å². The average Bonchev–Trinajstić information content (AvgIpc) is 3.20. The highest BCUT2D eigenvalue weighted by molar-refractivity contribution is 7.89. The third-order valence-electron chi connectivity index (χ3n) is 4.82. The quantitative estimate of drug-likeness (QED) is 0.593. The molecule has 1 aliphatic heterocycles. The van der Waals surface area contributed by atoms with Crippen LogP contribution in [0.15, 0.2) is 41.3 Å². The van der Waals surface area contributed by atoms with Gasteiger partial charge < -0.3 is 5.32 Å². The Balaban J connectivity index is 2.04. The summed E-state index contributed by atoms with van der Waals surface area (Å²) in [4.78, 5) is -0.979. The van der Waals surface area contributed by atoms with E-state index in [2.05, 4.69) is 25.9 Å². The molecule has 4 rings (SSSR count). The van der Waals surface area contributed by atoms with Crippen molar-refractivity contribution < 1.29 is 21.6 Å². The van der Waals surface area contributed by atoms with Crippen LogP contribution in [0.2, 0.25) is 0 Å². The number of anilines is 1. The molecule has 1 aliphatic rings. The second-order valence-corrected chi connectivity index (χ2v) is 8.11. The van der Waals surface area contributed by atoms with Gasteiger partial charge in [-0.05, 0) is 46.2 Å². The van der Waals surface area contributed by atoms with Crippen LogP contribution in [0.5, 0.6) is 0 Å². The first kappa shape index (κ1) is 19.3. The minimum absolute atomic E-state index is 0.00230. The fourth-order valence-corrected chi connectivity index (χ4v) is 4.38. The molecule has 2 aromatic carbocycles. The second-order valence-electron chi connectivity index (χ2n) is 6.58. The zero-order valence-corrected chi connectivity index (χ0v) is 15.5. The molecule has 1 aromatic heterocycles. The molecule has 3 aromatic rings. The summed E-state index contributed by atoms with van der Waals surface area (Å²) in [6.07, 6.45) is -4.41. The van der Waals surface area contributed by atoms with Gasteiger partial charge in [-0.15, -0.1) is 5.10 Å². The van der Waals surface area contributed by atoms with E-state index in [1.54, 1.807) is 6.07 Å². The van der Waals surface area contributed by atoms with Gasteiger partial charge in [-0.3, -0.25) is 0 Å². The first-order chi connectivity index (χ1) is 13.7. The number of tetrazole rings is 1. The summed E-state index contributed by atoms with van der Waals surface area (Å²) >= 11 is 0. The molecular formula is C17H15F3N6O2S. The number of hydrogen-bond acceptors (Lipinski definition) is 6. The number of rotatable bonds is 3. The van der Waals surface area contributed by atoms with Crippen molar-refractivity contribution >= 4 is 15.7 Å². The molecule has 12 heteroatoms. The van der Waals surface area contributed by atoms with Crippen LogP contribution in [-0.4, -0.2) is 35.6 Å². The Morgan fingerprint density at radius 1 is 1.14 bits per heavy atom. The molecular weight excluding hydrogens is 409 g/mol. The Bertz CT molecular complexity index is 1160. The van der Waals surface area contributed by atoms with E-state index in [0.717, 1.165) is 23.4 Å². The van der Waals surface area contributed by atoms with Crippen LogP contribution < -0.4 is 10.5 Å². The minimum atomic E-state index is -4.94. The number of hydrogen-bond donors (Lipinski definition) is 3. The molecule has 8 nitrogen and oxygen atoms in total. The number of nitrogens with two attached hydrogens (primary N) is 1. The molecule has 0 bridgehead atoms. The van der Waals surface area contributed by atoms with Crippen LogP contribution in [0, 0.1) is 0 Å². The van der Waals surface area contributed by atoms with Crippen molar-refractivity contribution in [3.63, 3.8) is 0 Å². The molecule has 0 saturated carbocycles. The maximum absolute atomic E-state index is 13.6. The van der Waals surface area contributed by atoms with Gasteiger partial charge in [0.1, 0.15) is 0 Å². The van der Waals surface area contributed by atoms with Crippen LogP contribution in [0.3, 0.4) is 0 Å². The number of aromatic nitrogens is 4. The largest absolute Gasteiger partial charge is 0.417 e. The highest BCUT2D eigenvalue weighted by Crippen LogP contribution is 2.44. The molecule has 0 amide bonds. The highest BCUT2D eigenvalue weighted by Gasteiger charge is 2.39. The predicted molar refractivity (Wildman–Crippen MR) is 97.4 cm³/mol. The lowest BCUT2D eigenvalue weighted by atomic mass is 9.82. The van der Waals surface area contributed by atoms with Crippen molar-refractivity contribution in [1.29, 1.82) is 0 Å². The van der Waals surface area contributed by atoms with Gasteiger partial charge >= 0.3 is 6.18 Å². The number of H-pyrrole nitrogens is 1. The topological polar surface area (TPSA) is 127 Å². The summed E-state index contributed by atoms with van der Waals surface area (Å²) in [7, 11) is -4.64. The molecule has 0 radical (unpaired) electrons. The van der Waals surface area contributed by atoms with Crippen molar-refractivity contribution in [2.24, 2.45) is 5.14 Å². The molecule has 4 N–H and O–H groups in total. The molecule has 29 heavy (non-hydrogen) atoms. The van der Waals surface area contributed by atoms with Gasteiger partial charge in [0.2, 0.25) is 10.0 Å². The molecule has 2 heterocycles. The van der Waals surface area contributed by atoms with Crippen molar-refractivity contribution in [2.75, 3.05) is 11.9 Å². The van der Waals surface area contributed by atoms with Gasteiger partial charge in [0, 0.05) is 23.7 Å². The molecule has 1 atom stereocenters. The maximum Gasteiger partial charge on any atom is 0.417 e. The Kier molecular flexibility index (Phi) is 4.54. The molecule has 152 valence electrons. The third-order valence-corrected chi connectivity index (χ3v) is 5.78. The van der Waals surface area contributed by atoms with E-state index in [9.17, 15) is 21.6 Å². The molecule has 0 saturated heterocycles. The summed E-state index contributed by atoms with van der Waals surface area (Å²) in [5, 5.41) is 21.4. The monoisotopic (exact) mass is 424 g/mol. The predicted octanol–water partition coefficient (Wildman–Crippen LogP) is 2.48. The summed E-state index contributed by atoms with van der Waals surface area (Å²) in [5.41, 5.74) is 0.693. The summed E-state index contributed by atoms with van der Waals surface area (Å²) in [6.45, 7) is 0.557. The zero-order valence-electron chi connectivity index (χ0n) is 14.7. The number of halogens is 3. The van der Waals surface area contributed by atoms with Crippen LogP contribution in [0.25, 0.3) is 11.4 Å². The molecule has 1 unspecified atom stereocenters. The molecule has 0 fully saturated rings. The average molecular weight is 424 g/mol. The summed E-state index contributed by atoms with van der Waals surface area (Å²) in [6, 6.07) is 9.05. The number of primary sulfonamides is 1. The fraction of sp³-hybridized carbons (Fsp3) is 0.235. The number of sulfonamides is 1. The SMILES string of the molecule is NS(=O)(=O)c1cc(C2CCNc3ccccc32)c(-c2nnn[nH]2)cc1C(F)(F)F. The lowest BCUT2D eigenvalue weighted by Gasteiger charge is -2.29. The number of nitrogens with zero attached hydrogens (tertiary/aromatic N) is 3. The van der Waals surface area contributed by atoms with E-state index in [1.165, 1.54) is 0 Å². The third kappa shape index (κ3) is 3.56. The normalized spacial score (nSPS) is 16.9. The first-order valence-electron chi connectivity index (χ1n) is 8.51. The minimum Gasteiger partial charge on any atom is -0.385 e. The smallest absolute Gasteiger partial charge is 0.385 e. The zero-order chi connectivity index (χ0) is 20.8. The van der Waals surface area contributed by atoms with Crippen molar-refractivity contribution in [2.45, 2.75) is 23.4 Å². The van der Waals surface area contributed by atoms with Gasteiger partial charge in [-0.25, -0.2) is 18.7 Å². The van der Waals surface area contributed by atoms with Gasteiger partial charge in [0.05, 0.1) is 10.5 Å². The lowest BCUT2D eigenvalue weighted by molar-refractivity contribution is -0.139. The van der Waals surface area contributed by atoms with Crippen LogP contribution >= 0.6 is 0 Å². The van der Waals surface area contributed by atoms with Gasteiger partial charge in [-0.1, -0.05) is 18.2 Å². The van der Waals surface area contributed by atoms with E-state index < -0.39 is 26.7 Å². The number of aromatic amines is 1. The number of nitrogens with one attached hydrogen (secondary N) is 2. The highest BCUT2D eigenvalue weighted by atomic mass is 32.2. The first-order valence-corrected chi connectivity index (χ1v) is 10.1. The Morgan fingerprint density at radius 3 is 2.55 bits per heavy atom. The number of fused-ring (bicyclic) bond motifs is 1. The standard InChI is InChI=1S/C17H15F3N6O2S/c18-17(19,20)13-7-12(16-23-25-26-24-16)11(8-15(13)29(21,27)28)9-5-6-22-14-4-2-1-3-10(9)14/h1-4,7-9,22H,5-6H2,(H2,21,27,28)(H,23,24,25,26). The van der Waals surface area contributed by atoms with Crippen LogP contribution in [-0.2, 0) is 16.2 Å². The summed E-state index contributed by atoms with van der Waals surface area (Å²) in [5.74, 6) is -0.377. The van der Waals surface area contributed by atoms with E-state index in [4.69, 9.17) is 5.14 Å². The second kappa shape index (κ2) is 6.81. The number of para-hydroxylation sites is 1. The van der Waals surface area contributed by atoms with Crippen LogP contribution in [0.1, 0.15) is 29.0 Å². The lowest BCUT2D eigenvalue weighted by Crippen LogP contribution is -2.22. The number of alkyl halides is 3. The maximum atomic E-state index is 13.6. The summed E-state index contributed by atoms with van der Waals surface area (Å²) < 4.78 is 64.9. The van der Waals surface area contributed by atoms with Crippen molar-refractivity contribution in [3.05, 3.63) is 53.1 Å².